The zero-order valence-electron chi connectivity index (χ0n) is 18.7. The van der Waals surface area contributed by atoms with Gasteiger partial charge in [-0.05, 0) is 29.3 Å². The molecule has 1 aliphatic heterocycles. The van der Waals surface area contributed by atoms with E-state index in [1.54, 1.807) is 12.1 Å². The molecule has 1 amide bonds. The highest BCUT2D eigenvalue weighted by Gasteiger charge is 2.40. The number of carbonyl (C=O) groups is 1. The second-order valence-electron chi connectivity index (χ2n) is 8.20. The maximum atomic E-state index is 13.5. The Kier molecular flexibility index (Phi) is 7.38. The molecule has 1 saturated heterocycles. The molecule has 1 heterocycles. The van der Waals surface area contributed by atoms with Gasteiger partial charge in [0.2, 0.25) is 15.9 Å². The van der Waals surface area contributed by atoms with Crippen LogP contribution in [0.15, 0.2) is 89.8 Å². The normalized spacial score (nSPS) is 17.1. The van der Waals surface area contributed by atoms with Crippen molar-refractivity contribution in [1.29, 1.82) is 5.26 Å². The van der Waals surface area contributed by atoms with Gasteiger partial charge in [-0.15, -0.1) is 0 Å². The van der Waals surface area contributed by atoms with Crippen LogP contribution in [0.5, 0.6) is 0 Å². The van der Waals surface area contributed by atoms with Crippen LogP contribution in [0.3, 0.4) is 0 Å². The number of hydrogen-bond acceptors (Lipinski definition) is 5. The van der Waals surface area contributed by atoms with Gasteiger partial charge in [-0.2, -0.15) is 9.57 Å². The summed E-state index contributed by atoms with van der Waals surface area (Å²) in [7, 11) is -3.97. The average molecular weight is 475 g/mol. The van der Waals surface area contributed by atoms with Crippen LogP contribution < -0.4 is 5.32 Å². The van der Waals surface area contributed by atoms with E-state index in [2.05, 4.69) is 10.2 Å². The molecule has 1 aliphatic rings. The molecule has 0 radical (unpaired) electrons. The first-order valence-electron chi connectivity index (χ1n) is 11.1. The smallest absolute Gasteiger partial charge is 0.243 e. The monoisotopic (exact) mass is 474 g/mol. The fraction of sp³-hybridized carbons (Fsp3) is 0.231. The number of nitrogens with zero attached hydrogens (tertiary/aromatic N) is 3. The van der Waals surface area contributed by atoms with E-state index >= 15 is 0 Å². The largest absolute Gasteiger partial charge is 0.351 e. The summed E-state index contributed by atoms with van der Waals surface area (Å²) in [5.41, 5.74) is 2.29. The fourth-order valence-corrected chi connectivity index (χ4v) is 5.69. The first-order chi connectivity index (χ1) is 16.5. The molecule has 1 unspecified atom stereocenters. The van der Waals surface area contributed by atoms with Crippen molar-refractivity contribution in [1.82, 2.24) is 14.5 Å². The highest BCUT2D eigenvalue weighted by Crippen LogP contribution is 2.23. The second kappa shape index (κ2) is 10.6. The Morgan fingerprint density at radius 1 is 0.941 bits per heavy atom. The molecular weight excluding hydrogens is 448 g/mol. The summed E-state index contributed by atoms with van der Waals surface area (Å²) < 4.78 is 28.3. The van der Waals surface area contributed by atoms with E-state index in [1.165, 1.54) is 16.4 Å². The van der Waals surface area contributed by atoms with Crippen molar-refractivity contribution in [3.8, 4) is 6.07 Å². The van der Waals surface area contributed by atoms with Gasteiger partial charge < -0.3 is 5.32 Å². The number of nitrogens with one attached hydrogen (secondary N) is 1. The molecule has 4 rings (SSSR count). The summed E-state index contributed by atoms with van der Waals surface area (Å²) in [5.74, 6) is -0.346. The van der Waals surface area contributed by atoms with Crippen LogP contribution in [-0.2, 0) is 27.9 Å². The molecular formula is C26H26N4O3S. The van der Waals surface area contributed by atoms with Gasteiger partial charge in [0.15, 0.2) is 0 Å². The van der Waals surface area contributed by atoms with E-state index in [0.29, 0.717) is 19.6 Å². The number of rotatable bonds is 7. The maximum absolute atomic E-state index is 13.5. The maximum Gasteiger partial charge on any atom is 0.243 e. The van der Waals surface area contributed by atoms with Crippen molar-refractivity contribution >= 4 is 15.9 Å². The number of hydrogen-bond donors (Lipinski definition) is 1. The Labute approximate surface area is 200 Å². The Balaban J connectivity index is 1.58. The van der Waals surface area contributed by atoms with Gasteiger partial charge in [0.1, 0.15) is 6.04 Å². The quantitative estimate of drug-likeness (QED) is 0.568. The standard InChI is InChI=1S/C26H26N4O3S/c27-17-23-12-7-13-24(16-23)34(32,33)30-15-14-29(19-22-10-5-2-6-11-22)20-25(30)26(31)28-18-21-8-3-1-4-9-21/h1-13,16,25H,14-15,18-20H2,(H,28,31). The lowest BCUT2D eigenvalue weighted by atomic mass is 10.1. The van der Waals surface area contributed by atoms with Crippen LogP contribution in [0.2, 0.25) is 0 Å². The molecule has 1 atom stereocenters. The lowest BCUT2D eigenvalue weighted by Gasteiger charge is -2.39. The van der Waals surface area contributed by atoms with E-state index in [1.807, 2.05) is 66.7 Å². The third-order valence-electron chi connectivity index (χ3n) is 5.85. The summed E-state index contributed by atoms with van der Waals surface area (Å²) >= 11 is 0. The molecule has 3 aromatic carbocycles. The summed E-state index contributed by atoms with van der Waals surface area (Å²) in [5, 5.41) is 12.1. The molecule has 0 bridgehead atoms. The third-order valence-corrected chi connectivity index (χ3v) is 7.75. The molecule has 3 aromatic rings. The van der Waals surface area contributed by atoms with Gasteiger partial charge in [-0.1, -0.05) is 66.7 Å². The molecule has 1 fully saturated rings. The Morgan fingerprint density at radius 2 is 1.62 bits per heavy atom. The van der Waals surface area contributed by atoms with E-state index in [4.69, 9.17) is 0 Å². The van der Waals surface area contributed by atoms with E-state index in [9.17, 15) is 18.5 Å². The summed E-state index contributed by atoms with van der Waals surface area (Å²) in [6.07, 6.45) is 0. The van der Waals surface area contributed by atoms with Crippen LogP contribution in [-0.4, -0.2) is 49.2 Å². The van der Waals surface area contributed by atoms with Crippen LogP contribution in [0, 0.1) is 11.3 Å². The fourth-order valence-electron chi connectivity index (χ4n) is 4.07. The van der Waals surface area contributed by atoms with Crippen molar-refractivity contribution < 1.29 is 13.2 Å². The number of carbonyl (C=O) groups excluding carboxylic acids is 1. The Hall–Kier alpha value is -3.51. The minimum Gasteiger partial charge on any atom is -0.351 e. The minimum absolute atomic E-state index is 0.0175. The lowest BCUT2D eigenvalue weighted by molar-refractivity contribution is -0.126. The highest BCUT2D eigenvalue weighted by molar-refractivity contribution is 7.89. The molecule has 0 saturated carbocycles. The minimum atomic E-state index is -3.97. The number of benzene rings is 3. The number of nitriles is 1. The molecule has 0 spiro atoms. The Bertz CT molecular complexity index is 1270. The van der Waals surface area contributed by atoms with Crippen molar-refractivity contribution in [2.45, 2.75) is 24.0 Å². The topological polar surface area (TPSA) is 93.5 Å². The second-order valence-corrected chi connectivity index (χ2v) is 10.1. The van der Waals surface area contributed by atoms with Gasteiger partial charge in [-0.25, -0.2) is 8.42 Å². The van der Waals surface area contributed by atoms with E-state index < -0.39 is 16.1 Å². The van der Waals surface area contributed by atoms with Gasteiger partial charge in [-0.3, -0.25) is 9.69 Å². The van der Waals surface area contributed by atoms with Crippen LogP contribution in [0.1, 0.15) is 16.7 Å². The average Bonchev–Trinajstić information content (AvgIpc) is 2.88. The number of amides is 1. The molecule has 8 heteroatoms. The SMILES string of the molecule is N#Cc1cccc(S(=O)(=O)N2CCN(Cc3ccccc3)CC2C(=O)NCc2ccccc2)c1. The molecule has 1 N–H and O–H groups in total. The predicted octanol–water partition coefficient (Wildman–Crippen LogP) is 2.75. The highest BCUT2D eigenvalue weighted by atomic mass is 32.2. The van der Waals surface area contributed by atoms with Crippen LogP contribution in [0.25, 0.3) is 0 Å². The Morgan fingerprint density at radius 3 is 2.29 bits per heavy atom. The van der Waals surface area contributed by atoms with Crippen LogP contribution in [0.4, 0.5) is 0 Å². The zero-order valence-corrected chi connectivity index (χ0v) is 19.5. The zero-order chi connectivity index (χ0) is 24.0. The molecule has 0 aliphatic carbocycles. The van der Waals surface area contributed by atoms with E-state index in [0.717, 1.165) is 11.1 Å². The summed E-state index contributed by atoms with van der Waals surface area (Å²) in [6, 6.07) is 26.4. The molecule has 174 valence electrons. The number of piperazine rings is 1. The molecule has 34 heavy (non-hydrogen) atoms. The van der Waals surface area contributed by atoms with Gasteiger partial charge in [0.25, 0.3) is 0 Å². The number of sulfonamides is 1. The molecule has 7 nitrogen and oxygen atoms in total. The lowest BCUT2D eigenvalue weighted by Crippen LogP contribution is -2.60. The van der Waals surface area contributed by atoms with Gasteiger partial charge in [0, 0.05) is 32.7 Å². The van der Waals surface area contributed by atoms with Crippen molar-refractivity contribution in [2.75, 3.05) is 19.6 Å². The van der Waals surface area contributed by atoms with Gasteiger partial charge in [0.05, 0.1) is 16.5 Å². The van der Waals surface area contributed by atoms with Gasteiger partial charge >= 0.3 is 0 Å². The molecule has 0 aromatic heterocycles. The summed E-state index contributed by atoms with van der Waals surface area (Å²) in [4.78, 5) is 15.4. The van der Waals surface area contributed by atoms with Crippen molar-refractivity contribution in [3.63, 3.8) is 0 Å². The van der Waals surface area contributed by atoms with Crippen molar-refractivity contribution in [3.05, 3.63) is 102 Å². The van der Waals surface area contributed by atoms with Crippen LogP contribution >= 0.6 is 0 Å². The first-order valence-corrected chi connectivity index (χ1v) is 12.5. The summed E-state index contributed by atoms with van der Waals surface area (Å²) in [6.45, 7) is 1.88. The van der Waals surface area contributed by atoms with E-state index in [-0.39, 0.29) is 29.5 Å². The predicted molar refractivity (Wildman–Crippen MR) is 129 cm³/mol. The first kappa shape index (κ1) is 23.6. The van der Waals surface area contributed by atoms with Crippen molar-refractivity contribution in [2.24, 2.45) is 0 Å². The third kappa shape index (κ3) is 5.51.